The summed E-state index contributed by atoms with van der Waals surface area (Å²) in [6.07, 6.45) is 16.0. The van der Waals surface area contributed by atoms with Crippen molar-refractivity contribution in [2.75, 3.05) is 79.6 Å². The van der Waals surface area contributed by atoms with Gasteiger partial charge in [-0.15, -0.1) is 0 Å². The topological polar surface area (TPSA) is 113 Å². The standard InChI is InChI=1S/C36H71NO9/c1-5-8-9-20-28-44-32-34(31-43-27-6-2)46-36(40)22-17-13-11-15-19-24-37(25-26-38)23-18-14-10-12-16-21-35(39)45-33(29-41-4)30-42-7-3/h33-34,38H,5-32H2,1-4H3. The van der Waals surface area contributed by atoms with Crippen molar-refractivity contribution in [1.82, 2.24) is 4.90 Å². The first kappa shape index (κ1) is 44.7. The lowest BCUT2D eigenvalue weighted by atomic mass is 10.1. The van der Waals surface area contributed by atoms with E-state index in [4.69, 9.17) is 28.4 Å². The van der Waals surface area contributed by atoms with Gasteiger partial charge in [-0.2, -0.15) is 0 Å². The third-order valence-electron chi connectivity index (χ3n) is 7.68. The normalized spacial score (nSPS) is 12.8. The van der Waals surface area contributed by atoms with Crippen molar-refractivity contribution in [1.29, 1.82) is 0 Å². The number of carbonyl (C=O) groups is 2. The monoisotopic (exact) mass is 662 g/mol. The molecule has 0 bridgehead atoms. The molecule has 0 aliphatic rings. The van der Waals surface area contributed by atoms with Gasteiger partial charge in [-0.3, -0.25) is 9.59 Å². The summed E-state index contributed by atoms with van der Waals surface area (Å²) in [6.45, 7) is 12.4. The number of methoxy groups -OCH3 is 1. The molecule has 0 fully saturated rings. The summed E-state index contributed by atoms with van der Waals surface area (Å²) in [5.41, 5.74) is 0. The Kier molecular flexibility index (Phi) is 34.0. The molecule has 2 unspecified atom stereocenters. The van der Waals surface area contributed by atoms with Crippen molar-refractivity contribution in [2.24, 2.45) is 0 Å². The molecule has 0 saturated heterocycles. The molecule has 0 rings (SSSR count). The lowest BCUT2D eigenvalue weighted by molar-refractivity contribution is -0.156. The summed E-state index contributed by atoms with van der Waals surface area (Å²) >= 11 is 0. The summed E-state index contributed by atoms with van der Waals surface area (Å²) in [5.74, 6) is -0.354. The van der Waals surface area contributed by atoms with Crippen LogP contribution >= 0.6 is 0 Å². The van der Waals surface area contributed by atoms with Gasteiger partial charge in [0.1, 0.15) is 12.2 Å². The van der Waals surface area contributed by atoms with Gasteiger partial charge in [0.05, 0.1) is 33.0 Å². The molecule has 46 heavy (non-hydrogen) atoms. The van der Waals surface area contributed by atoms with E-state index >= 15 is 0 Å². The van der Waals surface area contributed by atoms with Gasteiger partial charge in [0.2, 0.25) is 0 Å². The van der Waals surface area contributed by atoms with Gasteiger partial charge in [-0.25, -0.2) is 0 Å². The fraction of sp³-hybridized carbons (Fsp3) is 0.944. The zero-order valence-corrected chi connectivity index (χ0v) is 30.1. The number of aliphatic hydroxyl groups excluding tert-OH is 1. The van der Waals surface area contributed by atoms with Gasteiger partial charge >= 0.3 is 11.9 Å². The van der Waals surface area contributed by atoms with Crippen molar-refractivity contribution in [3.8, 4) is 0 Å². The van der Waals surface area contributed by atoms with Crippen molar-refractivity contribution < 1.29 is 43.1 Å². The van der Waals surface area contributed by atoms with Crippen molar-refractivity contribution >= 4 is 11.9 Å². The van der Waals surface area contributed by atoms with Crippen LogP contribution in [0.1, 0.15) is 130 Å². The zero-order valence-electron chi connectivity index (χ0n) is 30.1. The number of aliphatic hydroxyl groups is 1. The molecule has 0 aromatic carbocycles. The van der Waals surface area contributed by atoms with Crippen molar-refractivity contribution in [2.45, 2.75) is 142 Å². The van der Waals surface area contributed by atoms with Crippen LogP contribution in [0.15, 0.2) is 0 Å². The number of rotatable bonds is 36. The molecular formula is C36H71NO9. The number of hydrogen-bond donors (Lipinski definition) is 1. The number of nitrogens with zero attached hydrogens (tertiary/aromatic N) is 1. The first-order valence-electron chi connectivity index (χ1n) is 18.4. The Hall–Kier alpha value is -1.30. The van der Waals surface area contributed by atoms with Crippen LogP contribution in [-0.2, 0) is 38.0 Å². The second-order valence-electron chi connectivity index (χ2n) is 12.1. The fourth-order valence-corrected chi connectivity index (χ4v) is 5.11. The zero-order chi connectivity index (χ0) is 33.9. The average molecular weight is 662 g/mol. The van der Waals surface area contributed by atoms with E-state index in [0.717, 1.165) is 90.1 Å². The molecule has 0 aliphatic carbocycles. The lowest BCUT2D eigenvalue weighted by Gasteiger charge is -2.21. The van der Waals surface area contributed by atoms with Gasteiger partial charge in [-0.05, 0) is 58.5 Å². The van der Waals surface area contributed by atoms with Crippen LogP contribution in [0.4, 0.5) is 0 Å². The van der Waals surface area contributed by atoms with Gasteiger partial charge < -0.3 is 38.4 Å². The minimum atomic E-state index is -0.344. The molecule has 0 saturated carbocycles. The van der Waals surface area contributed by atoms with E-state index in [1.165, 1.54) is 19.3 Å². The Morgan fingerprint density at radius 2 is 1.07 bits per heavy atom. The number of carbonyl (C=O) groups excluding carboxylic acids is 2. The van der Waals surface area contributed by atoms with E-state index in [1.807, 2.05) is 6.92 Å². The Morgan fingerprint density at radius 1 is 0.565 bits per heavy atom. The highest BCUT2D eigenvalue weighted by molar-refractivity contribution is 5.69. The minimum absolute atomic E-state index is 0.165. The fourth-order valence-electron chi connectivity index (χ4n) is 5.11. The van der Waals surface area contributed by atoms with E-state index in [-0.39, 0.29) is 30.8 Å². The van der Waals surface area contributed by atoms with Gasteiger partial charge in [0.15, 0.2) is 0 Å². The first-order chi connectivity index (χ1) is 22.5. The third-order valence-corrected chi connectivity index (χ3v) is 7.68. The second-order valence-corrected chi connectivity index (χ2v) is 12.1. The molecule has 2 atom stereocenters. The van der Waals surface area contributed by atoms with E-state index in [1.54, 1.807) is 7.11 Å². The highest BCUT2D eigenvalue weighted by Crippen LogP contribution is 2.11. The molecule has 274 valence electrons. The molecule has 0 radical (unpaired) electrons. The molecule has 0 aromatic heterocycles. The van der Waals surface area contributed by atoms with Gasteiger partial charge in [0, 0.05) is 46.3 Å². The summed E-state index contributed by atoms with van der Waals surface area (Å²) in [4.78, 5) is 26.9. The van der Waals surface area contributed by atoms with Crippen LogP contribution in [0.25, 0.3) is 0 Å². The summed E-state index contributed by atoms with van der Waals surface area (Å²) < 4.78 is 33.0. The predicted molar refractivity (Wildman–Crippen MR) is 183 cm³/mol. The molecule has 0 amide bonds. The Labute approximate surface area is 281 Å². The summed E-state index contributed by atoms with van der Waals surface area (Å²) in [6, 6.07) is 0. The molecule has 10 heteroatoms. The van der Waals surface area contributed by atoms with E-state index in [2.05, 4.69) is 18.7 Å². The second kappa shape index (κ2) is 35.0. The maximum absolute atomic E-state index is 12.4. The number of esters is 2. The average Bonchev–Trinajstić information content (AvgIpc) is 3.04. The van der Waals surface area contributed by atoms with Crippen molar-refractivity contribution in [3.05, 3.63) is 0 Å². The van der Waals surface area contributed by atoms with E-state index in [0.29, 0.717) is 65.6 Å². The van der Waals surface area contributed by atoms with Crippen LogP contribution < -0.4 is 0 Å². The number of unbranched alkanes of at least 4 members (excludes halogenated alkanes) is 11. The Bertz CT molecular complexity index is 667. The van der Waals surface area contributed by atoms with Crippen molar-refractivity contribution in [3.63, 3.8) is 0 Å². The Balaban J connectivity index is 3.98. The highest BCUT2D eigenvalue weighted by Gasteiger charge is 2.16. The molecule has 10 nitrogen and oxygen atoms in total. The smallest absolute Gasteiger partial charge is 0.306 e. The largest absolute Gasteiger partial charge is 0.457 e. The highest BCUT2D eigenvalue weighted by atomic mass is 16.6. The number of ether oxygens (including phenoxy) is 6. The summed E-state index contributed by atoms with van der Waals surface area (Å²) in [5, 5.41) is 9.48. The molecule has 0 aromatic rings. The minimum Gasteiger partial charge on any atom is -0.457 e. The molecule has 0 spiro atoms. The number of hydrogen-bond acceptors (Lipinski definition) is 10. The maximum atomic E-state index is 12.4. The van der Waals surface area contributed by atoms with Gasteiger partial charge in [0.25, 0.3) is 0 Å². The third kappa shape index (κ3) is 30.1. The SMILES string of the molecule is CCCCCCOCC(COCCC)OC(=O)CCCCCCCN(CCO)CCCCCCCC(=O)OC(COC)COCC. The van der Waals surface area contributed by atoms with Crippen LogP contribution in [0.3, 0.4) is 0 Å². The van der Waals surface area contributed by atoms with Crippen LogP contribution in [0, 0.1) is 0 Å². The van der Waals surface area contributed by atoms with E-state index in [9.17, 15) is 14.7 Å². The molecule has 0 heterocycles. The van der Waals surface area contributed by atoms with Crippen LogP contribution in [0.5, 0.6) is 0 Å². The van der Waals surface area contributed by atoms with E-state index < -0.39 is 0 Å². The predicted octanol–water partition coefficient (Wildman–Crippen LogP) is 6.49. The van der Waals surface area contributed by atoms with Gasteiger partial charge in [-0.1, -0.05) is 71.6 Å². The first-order valence-corrected chi connectivity index (χ1v) is 18.4. The lowest BCUT2D eigenvalue weighted by Crippen LogP contribution is -2.29. The molecule has 1 N–H and O–H groups in total. The quantitative estimate of drug-likeness (QED) is 0.0590. The molecule has 0 aliphatic heterocycles. The summed E-state index contributed by atoms with van der Waals surface area (Å²) in [7, 11) is 1.59. The van der Waals surface area contributed by atoms with Crippen LogP contribution in [0.2, 0.25) is 0 Å². The maximum Gasteiger partial charge on any atom is 0.306 e. The Morgan fingerprint density at radius 3 is 1.59 bits per heavy atom. The molecular weight excluding hydrogens is 590 g/mol. The van der Waals surface area contributed by atoms with Crippen LogP contribution in [-0.4, -0.2) is 114 Å².